The van der Waals surface area contributed by atoms with E-state index in [2.05, 4.69) is 121 Å². The van der Waals surface area contributed by atoms with Gasteiger partial charge in [-0.3, -0.25) is 0 Å². The molecule has 1 heteroatoms. The summed E-state index contributed by atoms with van der Waals surface area (Å²) in [6, 6.07) is 35.7. The van der Waals surface area contributed by atoms with E-state index in [9.17, 15) is 0 Å². The number of H-pyrrole nitrogens is 1. The third-order valence-electron chi connectivity index (χ3n) is 7.72. The molecule has 1 unspecified atom stereocenters. The van der Waals surface area contributed by atoms with E-state index in [0.717, 1.165) is 6.42 Å². The minimum absolute atomic E-state index is 0.353. The van der Waals surface area contributed by atoms with Crippen LogP contribution in [0.1, 0.15) is 52.6 Å². The summed E-state index contributed by atoms with van der Waals surface area (Å²) in [5.41, 5.74) is 11.7. The molecule has 0 saturated carbocycles. The van der Waals surface area contributed by atoms with E-state index in [1.807, 2.05) is 0 Å². The van der Waals surface area contributed by atoms with Crippen molar-refractivity contribution in [1.82, 2.24) is 4.98 Å². The van der Waals surface area contributed by atoms with Gasteiger partial charge < -0.3 is 4.98 Å². The Morgan fingerprint density at radius 3 is 2.15 bits per heavy atom. The molecule has 1 N–H and O–H groups in total. The molecule has 0 radical (unpaired) electrons. The average Bonchev–Trinajstić information content (AvgIpc) is 3.39. The summed E-state index contributed by atoms with van der Waals surface area (Å²) in [6.45, 7) is 2.35. The van der Waals surface area contributed by atoms with Gasteiger partial charge in [0.15, 0.2) is 0 Å². The van der Waals surface area contributed by atoms with E-state index in [4.69, 9.17) is 0 Å². The third kappa shape index (κ3) is 2.37. The molecule has 1 heterocycles. The topological polar surface area (TPSA) is 15.8 Å². The van der Waals surface area contributed by atoms with Crippen LogP contribution in [0.5, 0.6) is 0 Å². The number of hydrogen-bond donors (Lipinski definition) is 1. The fraction of sp³-hybridized carbons (Fsp3) is 0.125. The van der Waals surface area contributed by atoms with Gasteiger partial charge in [-0.2, -0.15) is 0 Å². The van der Waals surface area contributed by atoms with Crippen molar-refractivity contribution in [3.63, 3.8) is 0 Å². The standard InChI is InChI=1S/C32H25N/c1-21-11-10-12-22-19-20-26-29-31(33-30(26)28(21)22)25-17-8-9-18-27(25)32(29,23-13-4-2-5-14-23)24-15-6-3-7-16-24/h2-10,12-21,33H,11H2,1H3. The van der Waals surface area contributed by atoms with Gasteiger partial charge in [0.25, 0.3) is 0 Å². The minimum atomic E-state index is -0.353. The molecule has 0 bridgehead atoms. The Morgan fingerprint density at radius 1 is 0.758 bits per heavy atom. The Labute approximate surface area is 194 Å². The Bertz CT molecular complexity index is 1500. The quantitative estimate of drug-likeness (QED) is 0.290. The van der Waals surface area contributed by atoms with Crippen molar-refractivity contribution < 1.29 is 0 Å². The van der Waals surface area contributed by atoms with Gasteiger partial charge in [-0.25, -0.2) is 0 Å². The molecule has 5 aromatic rings. The van der Waals surface area contributed by atoms with E-state index < -0.39 is 0 Å². The van der Waals surface area contributed by atoms with E-state index in [-0.39, 0.29) is 5.41 Å². The molecule has 7 rings (SSSR count). The Kier molecular flexibility index (Phi) is 3.87. The first-order chi connectivity index (χ1) is 16.3. The molecule has 0 amide bonds. The molecule has 0 fully saturated rings. The smallest absolute Gasteiger partial charge is 0.0735 e. The van der Waals surface area contributed by atoms with Crippen LogP contribution in [0.3, 0.4) is 0 Å². The summed E-state index contributed by atoms with van der Waals surface area (Å²) >= 11 is 0. The average molecular weight is 424 g/mol. The molecule has 1 aromatic heterocycles. The van der Waals surface area contributed by atoms with Crippen LogP contribution in [0.4, 0.5) is 0 Å². The van der Waals surface area contributed by atoms with Crippen LogP contribution in [0.2, 0.25) is 0 Å². The molecule has 4 aromatic carbocycles. The Morgan fingerprint density at radius 2 is 1.42 bits per heavy atom. The van der Waals surface area contributed by atoms with Crippen LogP contribution in [0, 0.1) is 0 Å². The second kappa shape index (κ2) is 6.83. The second-order valence-corrected chi connectivity index (χ2v) is 9.43. The second-order valence-electron chi connectivity index (χ2n) is 9.43. The highest BCUT2D eigenvalue weighted by Gasteiger charge is 2.48. The lowest BCUT2D eigenvalue weighted by Crippen LogP contribution is -2.28. The molecule has 2 aliphatic carbocycles. The summed E-state index contributed by atoms with van der Waals surface area (Å²) in [5, 5.41) is 1.34. The molecule has 1 atom stereocenters. The maximum atomic E-state index is 3.95. The maximum absolute atomic E-state index is 3.95. The SMILES string of the molecule is CC1CC=Cc2ccc3c4c([nH]c3c21)-c1ccccc1C4(c1ccccc1)c1ccccc1. The maximum Gasteiger partial charge on any atom is 0.0735 e. The molecule has 0 saturated heterocycles. The van der Waals surface area contributed by atoms with Crippen molar-refractivity contribution in [1.29, 1.82) is 0 Å². The summed E-state index contributed by atoms with van der Waals surface area (Å²) in [4.78, 5) is 3.95. The minimum Gasteiger partial charge on any atom is -0.354 e. The first-order valence-corrected chi connectivity index (χ1v) is 11.9. The first-order valence-electron chi connectivity index (χ1n) is 11.9. The number of aromatic amines is 1. The number of nitrogens with one attached hydrogen (secondary N) is 1. The van der Waals surface area contributed by atoms with Crippen LogP contribution in [0.25, 0.3) is 28.2 Å². The van der Waals surface area contributed by atoms with Crippen LogP contribution in [-0.2, 0) is 5.41 Å². The van der Waals surface area contributed by atoms with Gasteiger partial charge in [0.2, 0.25) is 0 Å². The monoisotopic (exact) mass is 423 g/mol. The predicted octanol–water partition coefficient (Wildman–Crippen LogP) is 8.05. The fourth-order valence-electron chi connectivity index (χ4n) is 6.39. The van der Waals surface area contributed by atoms with Gasteiger partial charge in [-0.1, -0.05) is 116 Å². The van der Waals surface area contributed by atoms with Gasteiger partial charge in [-0.15, -0.1) is 0 Å². The lowest BCUT2D eigenvalue weighted by Gasteiger charge is -2.33. The van der Waals surface area contributed by atoms with Crippen molar-refractivity contribution in [3.8, 4) is 11.3 Å². The highest BCUT2D eigenvalue weighted by molar-refractivity contribution is 6.02. The lowest BCUT2D eigenvalue weighted by molar-refractivity contribution is 0.773. The van der Waals surface area contributed by atoms with Gasteiger partial charge >= 0.3 is 0 Å². The number of fused-ring (bicyclic) bond motifs is 7. The van der Waals surface area contributed by atoms with Crippen LogP contribution in [-0.4, -0.2) is 4.98 Å². The largest absolute Gasteiger partial charge is 0.354 e. The summed E-state index contributed by atoms with van der Waals surface area (Å²) in [6.07, 6.45) is 5.69. The first kappa shape index (κ1) is 18.7. The molecular weight excluding hydrogens is 398 g/mol. The fourth-order valence-corrected chi connectivity index (χ4v) is 6.39. The van der Waals surface area contributed by atoms with Crippen LogP contribution >= 0.6 is 0 Å². The lowest BCUT2D eigenvalue weighted by atomic mass is 9.67. The number of aromatic nitrogens is 1. The molecule has 1 nitrogen and oxygen atoms in total. The van der Waals surface area contributed by atoms with Gasteiger partial charge in [-0.05, 0) is 40.2 Å². The van der Waals surface area contributed by atoms with Crippen LogP contribution in [0.15, 0.2) is 103 Å². The zero-order chi connectivity index (χ0) is 22.0. The summed E-state index contributed by atoms with van der Waals surface area (Å²) in [7, 11) is 0. The highest BCUT2D eigenvalue weighted by atomic mass is 14.8. The van der Waals surface area contributed by atoms with Crippen molar-refractivity contribution >= 4 is 17.0 Å². The number of allylic oxidation sites excluding steroid dienone is 1. The van der Waals surface area contributed by atoms with Gasteiger partial charge in [0.1, 0.15) is 0 Å². The van der Waals surface area contributed by atoms with Crippen molar-refractivity contribution in [2.75, 3.05) is 0 Å². The summed E-state index contributed by atoms with van der Waals surface area (Å²) in [5.74, 6) is 0.505. The Balaban J connectivity index is 1.69. The zero-order valence-electron chi connectivity index (χ0n) is 18.7. The summed E-state index contributed by atoms with van der Waals surface area (Å²) < 4.78 is 0. The van der Waals surface area contributed by atoms with E-state index >= 15 is 0 Å². The van der Waals surface area contributed by atoms with E-state index in [1.54, 1.807) is 0 Å². The number of benzene rings is 4. The number of rotatable bonds is 2. The third-order valence-corrected chi connectivity index (χ3v) is 7.72. The number of hydrogen-bond acceptors (Lipinski definition) is 0. The molecule has 2 aliphatic rings. The predicted molar refractivity (Wildman–Crippen MR) is 138 cm³/mol. The highest BCUT2D eigenvalue weighted by Crippen LogP contribution is 2.58. The van der Waals surface area contributed by atoms with Crippen molar-refractivity contribution in [2.45, 2.75) is 24.7 Å². The molecule has 33 heavy (non-hydrogen) atoms. The zero-order valence-corrected chi connectivity index (χ0v) is 18.7. The van der Waals surface area contributed by atoms with E-state index in [0.29, 0.717) is 5.92 Å². The van der Waals surface area contributed by atoms with E-state index in [1.165, 1.54) is 55.5 Å². The van der Waals surface area contributed by atoms with Crippen molar-refractivity contribution in [2.24, 2.45) is 0 Å². The normalized spacial score (nSPS) is 17.5. The molecule has 0 spiro atoms. The molecule has 158 valence electrons. The van der Waals surface area contributed by atoms with Crippen molar-refractivity contribution in [3.05, 3.63) is 137 Å². The molecular formula is C32H25N. The van der Waals surface area contributed by atoms with Gasteiger partial charge in [0, 0.05) is 16.5 Å². The molecule has 0 aliphatic heterocycles. The Hall–Kier alpha value is -3.84. The van der Waals surface area contributed by atoms with Crippen LogP contribution < -0.4 is 0 Å². The van der Waals surface area contributed by atoms with Gasteiger partial charge in [0.05, 0.1) is 16.6 Å².